The molecule has 186 valence electrons. The van der Waals surface area contributed by atoms with Gasteiger partial charge in [-0.25, -0.2) is 0 Å². The van der Waals surface area contributed by atoms with E-state index in [9.17, 15) is 10.3 Å². The Morgan fingerprint density at radius 2 is 1.58 bits per heavy atom. The molecule has 3 heteroatoms. The van der Waals surface area contributed by atoms with Crippen molar-refractivity contribution in [1.82, 2.24) is 0 Å². The van der Waals surface area contributed by atoms with Crippen molar-refractivity contribution in [3.8, 4) is 0 Å². The highest BCUT2D eigenvalue weighted by Crippen LogP contribution is 2.77. The van der Waals surface area contributed by atoms with Crippen molar-refractivity contribution >= 4 is 6.21 Å². The average Bonchev–Trinajstić information content (AvgIpc) is 3.12. The Morgan fingerprint density at radius 1 is 0.848 bits per heavy atom. The first-order valence-electron chi connectivity index (χ1n) is 13.9. The van der Waals surface area contributed by atoms with Gasteiger partial charge in [0.05, 0.1) is 12.3 Å². The average molecular weight is 456 g/mol. The quantitative estimate of drug-likeness (QED) is 0.196. The summed E-state index contributed by atoms with van der Waals surface area (Å²) in [5.41, 5.74) is 2.40. The number of hydrogen-bond donors (Lipinski definition) is 2. The van der Waals surface area contributed by atoms with Gasteiger partial charge in [-0.1, -0.05) is 46.8 Å². The van der Waals surface area contributed by atoms with Crippen molar-refractivity contribution in [2.24, 2.45) is 61.8 Å². The molecule has 5 aliphatic rings. The number of aliphatic hydroxyl groups excluding tert-OH is 1. The summed E-state index contributed by atoms with van der Waals surface area (Å²) in [7, 11) is 0. The lowest BCUT2D eigenvalue weighted by atomic mass is 9.32. The molecule has 10 atom stereocenters. The van der Waals surface area contributed by atoms with Crippen molar-refractivity contribution in [2.75, 3.05) is 0 Å². The van der Waals surface area contributed by atoms with Crippen molar-refractivity contribution in [2.45, 2.75) is 112 Å². The van der Waals surface area contributed by atoms with Gasteiger partial charge in [-0.05, 0) is 122 Å². The molecule has 0 aromatic rings. The number of allylic oxidation sites excluding steroid dienone is 1. The summed E-state index contributed by atoms with van der Waals surface area (Å²) in [6, 6.07) is 0. The lowest BCUT2D eigenvalue weighted by Crippen LogP contribution is -2.66. The van der Waals surface area contributed by atoms with Crippen LogP contribution in [0.25, 0.3) is 0 Å². The van der Waals surface area contributed by atoms with E-state index in [0.717, 1.165) is 25.2 Å². The SMILES string of the molecule is C=C(C)[C@@H]1CC[C@]2(/C=N/O)CC[C@]3(C)[C@@H](CC[C@@H]4[C@@]5(C)CC[C@H](O)C(C)(C)[C@@H]5CC[C@]43C)[C@@H]12. The fourth-order valence-corrected chi connectivity index (χ4v) is 11.5. The molecule has 5 saturated carbocycles. The summed E-state index contributed by atoms with van der Waals surface area (Å²) < 4.78 is 0. The summed E-state index contributed by atoms with van der Waals surface area (Å²) in [5, 5.41) is 24.2. The minimum absolute atomic E-state index is 0.0158. The third-order valence-electron chi connectivity index (χ3n) is 13.4. The first-order chi connectivity index (χ1) is 15.4. The largest absolute Gasteiger partial charge is 0.411 e. The van der Waals surface area contributed by atoms with E-state index in [1.807, 2.05) is 6.21 Å². The van der Waals surface area contributed by atoms with Crippen LogP contribution < -0.4 is 0 Å². The second kappa shape index (κ2) is 7.34. The molecular formula is C30H49NO2. The highest BCUT2D eigenvalue weighted by Gasteiger charge is 2.70. The van der Waals surface area contributed by atoms with Gasteiger partial charge in [-0.3, -0.25) is 0 Å². The zero-order valence-electron chi connectivity index (χ0n) is 22.2. The van der Waals surface area contributed by atoms with Crippen LogP contribution in [0.1, 0.15) is 106 Å². The summed E-state index contributed by atoms with van der Waals surface area (Å²) >= 11 is 0. The molecule has 0 spiro atoms. The molecule has 0 heterocycles. The van der Waals surface area contributed by atoms with Crippen LogP contribution in [0.3, 0.4) is 0 Å². The molecule has 0 aliphatic heterocycles. The van der Waals surface area contributed by atoms with Crippen LogP contribution in [0, 0.1) is 56.7 Å². The monoisotopic (exact) mass is 455 g/mol. The molecule has 0 saturated heterocycles. The van der Waals surface area contributed by atoms with Crippen molar-refractivity contribution in [3.05, 3.63) is 12.2 Å². The van der Waals surface area contributed by atoms with E-state index < -0.39 is 0 Å². The molecule has 5 fully saturated rings. The summed E-state index contributed by atoms with van der Waals surface area (Å²) in [5.74, 6) is 3.16. The topological polar surface area (TPSA) is 52.8 Å². The van der Waals surface area contributed by atoms with Gasteiger partial charge in [0.2, 0.25) is 0 Å². The van der Waals surface area contributed by atoms with Crippen molar-refractivity contribution in [3.63, 3.8) is 0 Å². The Kier molecular flexibility index (Phi) is 5.31. The van der Waals surface area contributed by atoms with E-state index in [4.69, 9.17) is 0 Å². The summed E-state index contributed by atoms with van der Waals surface area (Å²) in [4.78, 5) is 0. The smallest absolute Gasteiger partial charge is 0.0594 e. The van der Waals surface area contributed by atoms with E-state index in [2.05, 4.69) is 53.3 Å². The Labute approximate surface area is 202 Å². The molecule has 3 nitrogen and oxygen atoms in total. The highest BCUT2D eigenvalue weighted by molar-refractivity contribution is 5.67. The maximum atomic E-state index is 10.9. The molecule has 5 rings (SSSR count). The molecule has 0 unspecified atom stereocenters. The maximum absolute atomic E-state index is 10.9. The van der Waals surface area contributed by atoms with Crippen LogP contribution in [0.2, 0.25) is 0 Å². The second-order valence-corrected chi connectivity index (χ2v) is 14.5. The van der Waals surface area contributed by atoms with Crippen LogP contribution in [-0.4, -0.2) is 22.6 Å². The van der Waals surface area contributed by atoms with Crippen LogP contribution in [0.15, 0.2) is 17.3 Å². The molecular weight excluding hydrogens is 406 g/mol. The van der Waals surface area contributed by atoms with Crippen LogP contribution >= 0.6 is 0 Å². The van der Waals surface area contributed by atoms with Gasteiger partial charge in [-0.2, -0.15) is 0 Å². The normalized spacial score (nSPS) is 55.4. The third kappa shape index (κ3) is 2.87. The Bertz CT molecular complexity index is 848. The standard InChI is InChI=1S/C30H49NO2/c1-19(2)20-10-15-30(18-31-33)17-16-28(6)21(25(20)30)8-9-23-27(5)13-12-24(32)26(3,4)22(27)11-14-29(23,28)7/h18,20-25,32-33H,1,8-17H2,2-7H3/b31-18+/t20-,21-,22-,23+,24-,25+,27-,28+,29+,30+/m0/s1. The van der Waals surface area contributed by atoms with Crippen molar-refractivity contribution < 1.29 is 10.3 Å². The molecule has 5 aliphatic carbocycles. The minimum Gasteiger partial charge on any atom is -0.411 e. The third-order valence-corrected chi connectivity index (χ3v) is 13.4. The molecule has 0 aromatic carbocycles. The van der Waals surface area contributed by atoms with E-state index in [-0.39, 0.29) is 16.9 Å². The van der Waals surface area contributed by atoms with E-state index >= 15 is 0 Å². The zero-order valence-corrected chi connectivity index (χ0v) is 22.2. The lowest BCUT2D eigenvalue weighted by Gasteiger charge is -2.72. The number of nitrogens with zero attached hydrogens (tertiary/aromatic N) is 1. The fraction of sp³-hybridized carbons (Fsp3) is 0.900. The van der Waals surface area contributed by atoms with Gasteiger partial charge in [0.1, 0.15) is 0 Å². The molecule has 0 bridgehead atoms. The summed E-state index contributed by atoms with van der Waals surface area (Å²) in [6.07, 6.45) is 13.9. The molecule has 2 N–H and O–H groups in total. The Hall–Kier alpha value is -0.830. The molecule has 0 amide bonds. The molecule has 0 radical (unpaired) electrons. The maximum Gasteiger partial charge on any atom is 0.0594 e. The summed E-state index contributed by atoms with van der Waals surface area (Å²) in [6.45, 7) is 19.3. The first kappa shape index (κ1) is 23.9. The predicted octanol–water partition coefficient (Wildman–Crippen LogP) is 7.46. The number of fused-ring (bicyclic) bond motifs is 7. The van der Waals surface area contributed by atoms with E-state index in [1.54, 1.807) is 0 Å². The number of oxime groups is 1. The molecule has 33 heavy (non-hydrogen) atoms. The van der Waals surface area contributed by atoms with Gasteiger partial charge in [0.25, 0.3) is 0 Å². The van der Waals surface area contributed by atoms with Crippen LogP contribution in [0.5, 0.6) is 0 Å². The van der Waals surface area contributed by atoms with Gasteiger partial charge in [0, 0.05) is 5.41 Å². The van der Waals surface area contributed by atoms with E-state index in [1.165, 1.54) is 50.5 Å². The van der Waals surface area contributed by atoms with Crippen LogP contribution in [0.4, 0.5) is 0 Å². The zero-order chi connectivity index (χ0) is 24.0. The van der Waals surface area contributed by atoms with Crippen LogP contribution in [-0.2, 0) is 0 Å². The number of aliphatic hydroxyl groups is 1. The second-order valence-electron chi connectivity index (χ2n) is 14.5. The number of hydrogen-bond acceptors (Lipinski definition) is 3. The predicted molar refractivity (Wildman–Crippen MR) is 135 cm³/mol. The first-order valence-corrected chi connectivity index (χ1v) is 13.9. The molecule has 0 aromatic heterocycles. The van der Waals surface area contributed by atoms with Gasteiger partial charge in [-0.15, -0.1) is 5.16 Å². The highest BCUT2D eigenvalue weighted by atomic mass is 16.4. The Morgan fingerprint density at radius 3 is 2.24 bits per heavy atom. The minimum atomic E-state index is -0.158. The fourth-order valence-electron chi connectivity index (χ4n) is 11.5. The van der Waals surface area contributed by atoms with Gasteiger partial charge in [0.15, 0.2) is 0 Å². The van der Waals surface area contributed by atoms with Gasteiger partial charge >= 0.3 is 0 Å². The number of rotatable bonds is 2. The Balaban J connectivity index is 1.56. The van der Waals surface area contributed by atoms with E-state index in [0.29, 0.717) is 39.9 Å². The van der Waals surface area contributed by atoms with Crippen molar-refractivity contribution in [1.29, 1.82) is 0 Å². The van der Waals surface area contributed by atoms with Gasteiger partial charge < -0.3 is 10.3 Å². The lowest BCUT2D eigenvalue weighted by molar-refractivity contribution is -0.243.